The first-order valence-corrected chi connectivity index (χ1v) is 45.2. The molecule has 18 nitrogen and oxygen atoms in total. The van der Waals surface area contributed by atoms with E-state index >= 15 is 0 Å². The van der Waals surface area contributed by atoms with Crippen LogP contribution in [0, 0.1) is 25.5 Å². The third kappa shape index (κ3) is 34.7. The number of nitrogen functional groups attached to an aromatic ring is 1. The first-order valence-electron chi connectivity index (χ1n) is 30.9. The van der Waals surface area contributed by atoms with E-state index in [4.69, 9.17) is 15.5 Å². The van der Waals surface area contributed by atoms with Crippen LogP contribution in [0.3, 0.4) is 0 Å². The van der Waals surface area contributed by atoms with Crippen LogP contribution in [-0.2, 0) is 44.6 Å². The van der Waals surface area contributed by atoms with Crippen LogP contribution in [-0.4, -0.2) is 101 Å². The molecule has 0 atom stereocenters. The maximum absolute atomic E-state index is 13.6. The van der Waals surface area contributed by atoms with Gasteiger partial charge in [-0.3, -0.25) is 24.5 Å². The van der Waals surface area contributed by atoms with E-state index in [0.717, 1.165) is 71.5 Å². The van der Waals surface area contributed by atoms with Gasteiger partial charge in [-0.05, 0) is 135 Å². The Balaban J connectivity index is 0.000000654. The molecule has 109 heavy (non-hydrogen) atoms. The number of alkyl halides is 9. The molecule has 586 valence electrons. The average Bonchev–Trinajstić information content (AvgIpc) is 0.787. The number of hydrogen-bond acceptors (Lipinski definition) is 16. The van der Waals surface area contributed by atoms with E-state index < -0.39 is 81.0 Å². The summed E-state index contributed by atoms with van der Waals surface area (Å²) in [6, 6.07) is 37.3. The largest absolute Gasteiger partial charge is 1.00 e. The second-order valence-electron chi connectivity index (χ2n) is 23.7. The van der Waals surface area contributed by atoms with Crippen LogP contribution >= 0.6 is 63.7 Å². The van der Waals surface area contributed by atoms with E-state index in [1.54, 1.807) is 31.5 Å². The molecule has 0 aliphatic carbocycles. The number of pyridine rings is 4. The van der Waals surface area contributed by atoms with Crippen LogP contribution in [0.15, 0.2) is 195 Å². The Morgan fingerprint density at radius 2 is 0.826 bits per heavy atom. The minimum atomic E-state index is -6.85. The van der Waals surface area contributed by atoms with Crippen LogP contribution in [0.1, 0.15) is 110 Å². The minimum absolute atomic E-state index is 0. The molecule has 3 N–H and O–H groups in total. The van der Waals surface area contributed by atoms with E-state index in [2.05, 4.69) is 145 Å². The summed E-state index contributed by atoms with van der Waals surface area (Å²) in [5, 5.41) is 8.48. The molecule has 0 radical (unpaired) electrons. The molecule has 0 spiro atoms. The summed E-state index contributed by atoms with van der Waals surface area (Å²) in [7, 11) is -21.6. The van der Waals surface area contributed by atoms with Crippen molar-refractivity contribution in [2.45, 2.75) is 110 Å². The van der Waals surface area contributed by atoms with Gasteiger partial charge >= 0.3 is 71.7 Å². The molecule has 0 saturated heterocycles. The number of carbonyl (C=O) groups excluding carboxylic acids is 2. The molecule has 4 aromatic carbocycles. The maximum Gasteiger partial charge on any atom is 1.00 e. The van der Waals surface area contributed by atoms with Gasteiger partial charge in [-0.25, -0.2) is 18.6 Å². The third-order valence-corrected chi connectivity index (χ3v) is 24.1. The van der Waals surface area contributed by atoms with Crippen molar-refractivity contribution in [3.63, 3.8) is 0 Å². The van der Waals surface area contributed by atoms with Crippen molar-refractivity contribution in [3.8, 4) is 0 Å². The summed E-state index contributed by atoms with van der Waals surface area (Å²) in [5.74, 6) is -2.06. The number of rotatable bonds is 17. The van der Waals surface area contributed by atoms with Gasteiger partial charge in [-0.1, -0.05) is 193 Å². The predicted octanol–water partition coefficient (Wildman–Crippen LogP) is 18.1. The molecule has 8 rings (SSSR count). The second kappa shape index (κ2) is 44.3. The minimum Gasteiger partial charge on any atom is -0.668 e. The topological polar surface area (TPSA) is 284 Å². The van der Waals surface area contributed by atoms with Gasteiger partial charge in [-0.2, -0.15) is 64.8 Å². The molecule has 0 saturated carbocycles. The van der Waals surface area contributed by atoms with Crippen LogP contribution in [0.2, 0.25) is 39.3 Å². The summed E-state index contributed by atoms with van der Waals surface area (Å²) in [6.07, 6.45) is 14.1. The number of Topliss-reactive ketones (excluding diaryl/α,β-unsaturated/α-hetero) is 2. The summed E-state index contributed by atoms with van der Waals surface area (Å²) in [5.41, 5.74) is -3.55. The van der Waals surface area contributed by atoms with Gasteiger partial charge in [0.1, 0.15) is 23.2 Å². The van der Waals surface area contributed by atoms with E-state index in [0.29, 0.717) is 33.5 Å². The number of carbonyl (C=O) groups is 3. The molecule has 0 fully saturated rings. The first kappa shape index (κ1) is 100. The summed E-state index contributed by atoms with van der Waals surface area (Å²) < 4.78 is 207. The first-order chi connectivity index (χ1) is 49.6. The van der Waals surface area contributed by atoms with Gasteiger partial charge in [0.15, 0.2) is 11.6 Å². The molecule has 8 aromatic rings. The zero-order valence-corrected chi connectivity index (χ0v) is 71.1. The van der Waals surface area contributed by atoms with E-state index in [1.165, 1.54) is 37.7 Å². The van der Waals surface area contributed by atoms with Crippen LogP contribution in [0.25, 0.3) is 21.6 Å². The van der Waals surface area contributed by atoms with E-state index in [-0.39, 0.29) is 59.3 Å². The number of aromatic nitrogens is 4. The Morgan fingerprint density at radius 3 is 1.12 bits per heavy atom. The van der Waals surface area contributed by atoms with Gasteiger partial charge in [-0.15, -0.1) is 3.63 Å². The number of ketones is 2. The zero-order chi connectivity index (χ0) is 82.7. The van der Waals surface area contributed by atoms with Gasteiger partial charge in [0, 0.05) is 88.2 Å². The van der Waals surface area contributed by atoms with Crippen molar-refractivity contribution in [2.24, 2.45) is 0 Å². The quantitative estimate of drug-likeness (QED) is 0.0214. The predicted molar refractivity (Wildman–Crippen MR) is 413 cm³/mol. The number of carboxylic acids is 1. The number of benzene rings is 4. The summed E-state index contributed by atoms with van der Waals surface area (Å²) in [6.45, 7) is 24.0. The second-order valence-corrected chi connectivity index (χ2v) is 41.7. The van der Waals surface area contributed by atoms with Gasteiger partial charge in [0.05, 0.1) is 24.4 Å². The Kier molecular flexibility index (Phi) is 40.7. The SMILES string of the molecule is C/C=C(/c1ccc(Br)cc1)c1ccc(CC(=O)c2cncc(F)c2C)nc1.C/C=C(/c1ccc(Br)cc1)c1ccc(N)nc1.C/C=C(\OS(=O)(=O)C(F)(F)F)c1ccc(Br)cc1.CCC(=O)c1ccc(Br)cc1.C[Si](C)(C)[N-][Si](C)(C)C.Cc1c(F)cncc1C(=O)O.O=S(=O)(OS(=O)(=O)C(F)(F)F)C(F)(F)F.[Li+]. The van der Waals surface area contributed by atoms with Crippen LogP contribution in [0.5, 0.6) is 0 Å². The standard InChI is InChI=1S/C22H18BrFN2O.C14H13BrN2.C10H8BrF3O3S.C9H9BrO.C7H6FNO2.C6H18NSi2.C2F6O5S2.Li/c1-3-19(15-4-7-17(23)8-5-15)16-6-9-18(26-11-16)10-22(27)20-12-25-13-21(24)14(20)2;1-2-13(10-3-6-12(15)7-4-10)11-5-8-14(16)17-9-11;1-2-9(7-3-5-8(11)6-4-7)17-18(15,16)10(12,13)14;1-2-9(11)7-3-5-8(10)6-4-7;1-4-5(7(10)11)2-9-3-6(4)8;1-8(2,3)7-9(4,5)6;3-1(4,5)14(9,10)13-15(11,12)2(6,7)8;/h3-9,11-13H,10H2,1-2H3;2-9H,1H3,(H2,16,17);2-6H,1H3;3-6H,2H2,1H3;2-3H,1H3,(H,10,11);1-6H3;;/q;;;;;-1;;+1/b19-3-;13-2-;9-2-;;;;;. The fraction of sp³-hybridized carbons (Fsp3) is 0.243. The van der Waals surface area contributed by atoms with E-state index in [1.807, 2.05) is 115 Å². The number of aromatic carboxylic acids is 1. The molecule has 4 heterocycles. The van der Waals surface area contributed by atoms with Crippen molar-refractivity contribution in [1.29, 1.82) is 0 Å². The molecule has 0 amide bonds. The Bertz CT molecular complexity index is 4680. The monoisotopic (exact) mass is 1870 g/mol. The molecular weight excluding hydrogens is 1800 g/mol. The van der Waals surface area contributed by atoms with Gasteiger partial charge < -0.3 is 19.7 Å². The smallest absolute Gasteiger partial charge is 0.668 e. The molecule has 0 bridgehead atoms. The average molecular weight is 1880 g/mol. The molecule has 4 aromatic heterocycles. The Morgan fingerprint density at radius 1 is 0.486 bits per heavy atom. The van der Waals surface area contributed by atoms with Crippen LogP contribution < -0.4 is 24.6 Å². The molecule has 0 aliphatic rings. The van der Waals surface area contributed by atoms with Crippen molar-refractivity contribution in [3.05, 3.63) is 272 Å². The molecular formula is C70H72Br4F11LiN6O12S3Si2. The summed E-state index contributed by atoms with van der Waals surface area (Å²) in [4.78, 5) is 49.7. The van der Waals surface area contributed by atoms with Gasteiger partial charge in [0.25, 0.3) is 0 Å². The van der Waals surface area contributed by atoms with Crippen molar-refractivity contribution in [1.82, 2.24) is 19.9 Å². The Labute approximate surface area is 673 Å². The van der Waals surface area contributed by atoms with Crippen molar-refractivity contribution < 1.29 is 120 Å². The molecule has 0 aliphatic heterocycles. The van der Waals surface area contributed by atoms with Crippen molar-refractivity contribution in [2.75, 3.05) is 5.73 Å². The fourth-order valence-electron chi connectivity index (χ4n) is 8.35. The fourth-order valence-corrected chi connectivity index (χ4v) is 19.5. The number of halogens is 15. The number of hydrogen-bond donors (Lipinski definition) is 2. The number of nitrogens with two attached hydrogens (primary N) is 1. The zero-order valence-electron chi connectivity index (χ0n) is 60.3. The normalized spacial score (nSPS) is 12.1. The number of carboxylic acid groups (broad SMARTS) is 1. The van der Waals surface area contributed by atoms with Crippen molar-refractivity contribution >= 4 is 151 Å². The van der Waals surface area contributed by atoms with Crippen LogP contribution in [0.4, 0.5) is 54.1 Å². The third-order valence-electron chi connectivity index (χ3n) is 13.1. The van der Waals surface area contributed by atoms with Gasteiger partial charge in [0.2, 0.25) is 0 Å². The van der Waals surface area contributed by atoms with E-state index in [9.17, 15) is 87.9 Å². The molecule has 39 heteroatoms. The number of anilines is 1. The Hall–Kier alpha value is -6.94. The molecule has 0 unspecified atom stereocenters. The number of nitrogens with zero attached hydrogens (tertiary/aromatic N) is 5. The number of allylic oxidation sites excluding steroid dienone is 3. The maximum atomic E-state index is 13.6. The summed E-state index contributed by atoms with van der Waals surface area (Å²) >= 11 is 13.3.